The molecule has 0 aliphatic heterocycles. The molecule has 2 atom stereocenters. The maximum Gasteiger partial charge on any atom is 0.251 e. The second-order valence-corrected chi connectivity index (χ2v) is 11.2. The molecular weight excluding hydrogens is 364 g/mol. The molecule has 2 N–H and O–H groups in total. The van der Waals surface area contributed by atoms with Gasteiger partial charge >= 0.3 is 0 Å². The highest BCUT2D eigenvalue weighted by Gasteiger charge is 2.57. The number of nitrogens with zero attached hydrogens (tertiary/aromatic N) is 1. The number of benzene rings is 1. The summed E-state index contributed by atoms with van der Waals surface area (Å²) in [7, 11) is -1.70. The lowest BCUT2D eigenvalue weighted by Crippen LogP contribution is -2.65. The Labute approximate surface area is 161 Å². The van der Waals surface area contributed by atoms with Crippen molar-refractivity contribution in [1.29, 1.82) is 0 Å². The molecule has 2 unspecified atom stereocenters. The Balaban J connectivity index is 1.45. The van der Waals surface area contributed by atoms with Crippen LogP contribution in [0.1, 0.15) is 54.4 Å². The summed E-state index contributed by atoms with van der Waals surface area (Å²) in [5.74, 6) is 0.930. The summed E-state index contributed by atoms with van der Waals surface area (Å²) in [6.45, 7) is 0.279. The molecule has 4 fully saturated rings. The summed E-state index contributed by atoms with van der Waals surface area (Å²) in [4.78, 5) is 12.8. The average Bonchev–Trinajstić information content (AvgIpc) is 2.51. The molecule has 0 radical (unpaired) electrons. The van der Waals surface area contributed by atoms with Crippen LogP contribution in [0.4, 0.5) is 0 Å². The molecule has 0 spiro atoms. The van der Waals surface area contributed by atoms with Crippen molar-refractivity contribution in [2.45, 2.75) is 56.2 Å². The molecule has 0 aromatic heterocycles. The fourth-order valence-electron chi connectivity index (χ4n) is 5.81. The number of sulfonamides is 1. The smallest absolute Gasteiger partial charge is 0.251 e. The Bertz CT molecular complexity index is 835. The van der Waals surface area contributed by atoms with E-state index in [2.05, 4.69) is 5.32 Å². The van der Waals surface area contributed by atoms with E-state index in [4.69, 9.17) is 0 Å². The minimum atomic E-state index is -3.23. The highest BCUT2D eigenvalue weighted by atomic mass is 32.2. The minimum Gasteiger partial charge on any atom is -0.390 e. The molecule has 27 heavy (non-hydrogen) atoms. The van der Waals surface area contributed by atoms with Gasteiger partial charge in [-0.3, -0.25) is 4.79 Å². The highest BCUT2D eigenvalue weighted by molar-refractivity contribution is 7.88. The molecule has 1 aromatic rings. The van der Waals surface area contributed by atoms with Crippen LogP contribution < -0.4 is 5.32 Å². The fraction of sp³-hybridized carbons (Fsp3) is 0.650. The Morgan fingerprint density at radius 1 is 1.19 bits per heavy atom. The first-order valence-electron chi connectivity index (χ1n) is 9.61. The first-order valence-corrected chi connectivity index (χ1v) is 11.5. The fourth-order valence-corrected chi connectivity index (χ4v) is 6.19. The average molecular weight is 393 g/mol. The first-order chi connectivity index (χ1) is 12.6. The van der Waals surface area contributed by atoms with Crippen molar-refractivity contribution in [2.75, 3.05) is 13.3 Å². The number of carbonyl (C=O) groups is 1. The van der Waals surface area contributed by atoms with Gasteiger partial charge in [-0.25, -0.2) is 12.7 Å². The summed E-state index contributed by atoms with van der Waals surface area (Å²) in [5.41, 5.74) is 0.537. The first kappa shape index (κ1) is 18.9. The van der Waals surface area contributed by atoms with Crippen LogP contribution in [0.5, 0.6) is 0 Å². The van der Waals surface area contributed by atoms with Crippen molar-refractivity contribution in [3.8, 4) is 0 Å². The normalized spacial score (nSPS) is 34.8. The molecule has 7 heteroatoms. The van der Waals surface area contributed by atoms with Crippen LogP contribution in [0.15, 0.2) is 24.3 Å². The quantitative estimate of drug-likeness (QED) is 0.801. The Morgan fingerprint density at radius 3 is 2.30 bits per heavy atom. The van der Waals surface area contributed by atoms with Crippen LogP contribution in [0.2, 0.25) is 0 Å². The minimum absolute atomic E-state index is 0.108. The van der Waals surface area contributed by atoms with E-state index in [0.29, 0.717) is 23.8 Å². The third-order valence-electron chi connectivity index (χ3n) is 6.60. The Morgan fingerprint density at radius 2 is 1.78 bits per heavy atom. The third-order valence-corrected chi connectivity index (χ3v) is 7.86. The maximum absolute atomic E-state index is 12.8. The van der Waals surface area contributed by atoms with Gasteiger partial charge < -0.3 is 10.4 Å². The molecule has 4 bridgehead atoms. The Kier molecular flexibility index (Phi) is 4.40. The lowest BCUT2D eigenvalue weighted by atomic mass is 9.51. The number of hydrogen-bond donors (Lipinski definition) is 2. The van der Waals surface area contributed by atoms with Gasteiger partial charge in [0.2, 0.25) is 10.0 Å². The molecule has 5 rings (SSSR count). The number of nitrogens with one attached hydrogen (secondary N) is 1. The summed E-state index contributed by atoms with van der Waals surface area (Å²) in [5, 5.41) is 14.1. The predicted octanol–water partition coefficient (Wildman–Crippen LogP) is 1.89. The number of aliphatic hydroxyl groups is 1. The molecule has 148 valence electrons. The van der Waals surface area contributed by atoms with Gasteiger partial charge in [0.15, 0.2) is 0 Å². The molecule has 1 amide bonds. The van der Waals surface area contributed by atoms with Crippen LogP contribution in [-0.2, 0) is 16.6 Å². The second kappa shape index (κ2) is 6.29. The van der Waals surface area contributed by atoms with Gasteiger partial charge in [-0.2, -0.15) is 0 Å². The zero-order chi connectivity index (χ0) is 19.4. The zero-order valence-corrected chi connectivity index (χ0v) is 16.8. The maximum atomic E-state index is 12.8. The monoisotopic (exact) mass is 392 g/mol. The van der Waals surface area contributed by atoms with Crippen molar-refractivity contribution >= 4 is 15.9 Å². The summed E-state index contributed by atoms with van der Waals surface area (Å²) in [6, 6.07) is 7.08. The van der Waals surface area contributed by atoms with E-state index < -0.39 is 15.6 Å². The van der Waals surface area contributed by atoms with Crippen LogP contribution in [0.25, 0.3) is 0 Å². The molecule has 4 saturated carbocycles. The van der Waals surface area contributed by atoms with E-state index in [1.807, 2.05) is 0 Å². The molecule has 6 nitrogen and oxygen atoms in total. The molecule has 4 aliphatic rings. The van der Waals surface area contributed by atoms with Crippen LogP contribution >= 0.6 is 0 Å². The molecule has 1 aromatic carbocycles. The van der Waals surface area contributed by atoms with E-state index in [1.54, 1.807) is 24.3 Å². The number of hydrogen-bond acceptors (Lipinski definition) is 4. The van der Waals surface area contributed by atoms with Gasteiger partial charge in [-0.1, -0.05) is 12.1 Å². The van der Waals surface area contributed by atoms with Crippen molar-refractivity contribution < 1.29 is 18.3 Å². The van der Waals surface area contributed by atoms with Crippen LogP contribution in [-0.4, -0.2) is 48.2 Å². The molecule has 0 heterocycles. The number of amides is 1. The van der Waals surface area contributed by atoms with Gasteiger partial charge in [0.05, 0.1) is 11.9 Å². The third kappa shape index (κ3) is 3.77. The van der Waals surface area contributed by atoms with Crippen molar-refractivity contribution in [2.24, 2.45) is 11.8 Å². The molecular formula is C20H28N2O4S. The summed E-state index contributed by atoms with van der Waals surface area (Å²) >= 11 is 0. The molecule has 4 aliphatic carbocycles. The largest absolute Gasteiger partial charge is 0.390 e. The standard InChI is InChI=1S/C20H28N2O4S/c1-22(27(2,25)26)12-14-3-5-17(6-4-14)18(23)21-19-8-15-7-16(9-19)11-20(24,10-15)13-19/h3-6,15-16,24H,7-13H2,1-2H3,(H,21,23). The van der Waals surface area contributed by atoms with Crippen molar-refractivity contribution in [3.05, 3.63) is 35.4 Å². The summed E-state index contributed by atoms with van der Waals surface area (Å²) < 4.78 is 24.3. The van der Waals surface area contributed by atoms with E-state index >= 15 is 0 Å². The van der Waals surface area contributed by atoms with E-state index in [0.717, 1.165) is 31.2 Å². The van der Waals surface area contributed by atoms with Crippen LogP contribution in [0.3, 0.4) is 0 Å². The van der Waals surface area contributed by atoms with E-state index in [-0.39, 0.29) is 18.0 Å². The van der Waals surface area contributed by atoms with Gasteiger partial charge in [-0.15, -0.1) is 0 Å². The Hall–Kier alpha value is -1.44. The zero-order valence-electron chi connectivity index (χ0n) is 15.9. The van der Waals surface area contributed by atoms with E-state index in [1.165, 1.54) is 24.0 Å². The van der Waals surface area contributed by atoms with Crippen molar-refractivity contribution in [1.82, 2.24) is 9.62 Å². The van der Waals surface area contributed by atoms with Gasteiger partial charge in [0, 0.05) is 24.7 Å². The lowest BCUT2D eigenvalue weighted by Gasteiger charge is -2.60. The van der Waals surface area contributed by atoms with Crippen molar-refractivity contribution in [3.63, 3.8) is 0 Å². The van der Waals surface area contributed by atoms with Crippen LogP contribution in [0, 0.1) is 11.8 Å². The second-order valence-electron chi connectivity index (χ2n) is 9.14. The topological polar surface area (TPSA) is 86.7 Å². The predicted molar refractivity (Wildman–Crippen MR) is 103 cm³/mol. The van der Waals surface area contributed by atoms with Gasteiger partial charge in [-0.05, 0) is 68.1 Å². The SMILES string of the molecule is CN(Cc1ccc(C(=O)NC23CC4CC(CC(O)(C4)C2)C3)cc1)S(C)(=O)=O. The number of carbonyl (C=O) groups excluding carboxylic acids is 1. The summed E-state index contributed by atoms with van der Waals surface area (Å²) in [6.07, 6.45) is 6.71. The number of rotatable bonds is 5. The van der Waals surface area contributed by atoms with E-state index in [9.17, 15) is 18.3 Å². The lowest BCUT2D eigenvalue weighted by molar-refractivity contribution is -0.139. The van der Waals surface area contributed by atoms with Gasteiger partial charge in [0.25, 0.3) is 5.91 Å². The van der Waals surface area contributed by atoms with Gasteiger partial charge in [0.1, 0.15) is 0 Å². The highest BCUT2D eigenvalue weighted by Crippen LogP contribution is 2.57. The molecule has 0 saturated heterocycles.